The largest absolute Gasteiger partial charge is 0.409 e. The van der Waals surface area contributed by atoms with Gasteiger partial charge in [0.15, 0.2) is 5.84 Å². The van der Waals surface area contributed by atoms with Gasteiger partial charge in [-0.3, -0.25) is 9.80 Å². The molecule has 0 aromatic carbocycles. The second-order valence-corrected chi connectivity index (χ2v) is 5.32. The summed E-state index contributed by atoms with van der Waals surface area (Å²) < 4.78 is 0. The topological polar surface area (TPSA) is 65.1 Å². The van der Waals surface area contributed by atoms with E-state index in [4.69, 9.17) is 10.9 Å². The molecule has 5 heteroatoms. The molecule has 0 aromatic rings. The van der Waals surface area contributed by atoms with Gasteiger partial charge in [-0.2, -0.15) is 0 Å². The molecule has 5 nitrogen and oxygen atoms in total. The van der Waals surface area contributed by atoms with Crippen molar-refractivity contribution in [1.29, 1.82) is 0 Å². The zero-order chi connectivity index (χ0) is 13.1. The molecule has 0 radical (unpaired) electrons. The van der Waals surface area contributed by atoms with Crippen LogP contribution in [0.1, 0.15) is 34.1 Å². The SMILES string of the molecule is CCC(C)N1CCN(C(C)(C)C(N)=NO)CC1. The van der Waals surface area contributed by atoms with Crippen molar-refractivity contribution >= 4 is 5.84 Å². The van der Waals surface area contributed by atoms with Gasteiger partial charge in [0, 0.05) is 32.2 Å². The molecule has 1 aliphatic rings. The highest BCUT2D eigenvalue weighted by atomic mass is 16.4. The Morgan fingerprint density at radius 2 is 1.88 bits per heavy atom. The van der Waals surface area contributed by atoms with Crippen LogP contribution < -0.4 is 5.73 Å². The maximum Gasteiger partial charge on any atom is 0.159 e. The van der Waals surface area contributed by atoms with Crippen LogP contribution in [0.15, 0.2) is 5.16 Å². The molecular weight excluding hydrogens is 216 g/mol. The van der Waals surface area contributed by atoms with E-state index in [1.54, 1.807) is 0 Å². The first-order valence-corrected chi connectivity index (χ1v) is 6.40. The molecule has 0 amide bonds. The van der Waals surface area contributed by atoms with E-state index in [1.807, 2.05) is 13.8 Å². The fraction of sp³-hybridized carbons (Fsp3) is 0.917. The van der Waals surface area contributed by atoms with Crippen LogP contribution in [0, 0.1) is 0 Å². The number of piperazine rings is 1. The third kappa shape index (κ3) is 3.10. The van der Waals surface area contributed by atoms with E-state index in [0.717, 1.165) is 26.2 Å². The van der Waals surface area contributed by atoms with Gasteiger partial charge in [0.2, 0.25) is 0 Å². The lowest BCUT2D eigenvalue weighted by molar-refractivity contribution is 0.0622. The van der Waals surface area contributed by atoms with Crippen molar-refractivity contribution in [2.75, 3.05) is 26.2 Å². The van der Waals surface area contributed by atoms with Crippen LogP contribution in [0.25, 0.3) is 0 Å². The van der Waals surface area contributed by atoms with E-state index in [1.165, 1.54) is 6.42 Å². The van der Waals surface area contributed by atoms with Crippen LogP contribution in [-0.4, -0.2) is 58.6 Å². The van der Waals surface area contributed by atoms with Gasteiger partial charge in [0.05, 0.1) is 5.54 Å². The fourth-order valence-electron chi connectivity index (χ4n) is 2.26. The molecule has 3 N–H and O–H groups in total. The van der Waals surface area contributed by atoms with Crippen LogP contribution in [0.3, 0.4) is 0 Å². The van der Waals surface area contributed by atoms with Crippen molar-refractivity contribution in [3.8, 4) is 0 Å². The molecule has 0 aromatic heterocycles. The number of nitrogens with zero attached hydrogens (tertiary/aromatic N) is 3. The van der Waals surface area contributed by atoms with E-state index >= 15 is 0 Å². The Kier molecular flexibility index (Phi) is 4.77. The van der Waals surface area contributed by atoms with Gasteiger partial charge in [-0.25, -0.2) is 0 Å². The van der Waals surface area contributed by atoms with Crippen LogP contribution >= 0.6 is 0 Å². The summed E-state index contributed by atoms with van der Waals surface area (Å²) in [5.41, 5.74) is 5.38. The summed E-state index contributed by atoms with van der Waals surface area (Å²) in [7, 11) is 0. The Bertz CT molecular complexity index is 270. The quantitative estimate of drug-likeness (QED) is 0.333. The van der Waals surface area contributed by atoms with E-state index < -0.39 is 0 Å². The highest BCUT2D eigenvalue weighted by Gasteiger charge is 2.34. The van der Waals surface area contributed by atoms with Crippen LogP contribution in [0.5, 0.6) is 0 Å². The molecular formula is C12H26N4O. The predicted molar refractivity (Wildman–Crippen MR) is 70.4 cm³/mol. The highest BCUT2D eigenvalue weighted by molar-refractivity contribution is 5.88. The van der Waals surface area contributed by atoms with E-state index in [2.05, 4.69) is 28.8 Å². The smallest absolute Gasteiger partial charge is 0.159 e. The first-order chi connectivity index (χ1) is 7.93. The van der Waals surface area contributed by atoms with Crippen molar-refractivity contribution < 1.29 is 5.21 Å². The van der Waals surface area contributed by atoms with Crippen molar-refractivity contribution in [3.63, 3.8) is 0 Å². The number of rotatable bonds is 4. The number of hydrogen-bond donors (Lipinski definition) is 2. The second-order valence-electron chi connectivity index (χ2n) is 5.32. The molecule has 1 rings (SSSR count). The third-order valence-electron chi connectivity index (χ3n) is 4.05. The number of hydrogen-bond acceptors (Lipinski definition) is 4. The average Bonchev–Trinajstić information content (AvgIpc) is 2.36. The molecule has 17 heavy (non-hydrogen) atoms. The summed E-state index contributed by atoms with van der Waals surface area (Å²) in [6, 6.07) is 0.643. The minimum absolute atomic E-state index is 0.287. The average molecular weight is 242 g/mol. The summed E-state index contributed by atoms with van der Waals surface area (Å²) in [6.45, 7) is 12.5. The maximum absolute atomic E-state index is 8.81. The molecule has 1 heterocycles. The van der Waals surface area contributed by atoms with Gasteiger partial charge in [-0.15, -0.1) is 0 Å². The molecule has 1 saturated heterocycles. The van der Waals surface area contributed by atoms with Crippen molar-refractivity contribution in [1.82, 2.24) is 9.80 Å². The first kappa shape index (κ1) is 14.3. The second kappa shape index (κ2) is 5.69. The summed E-state index contributed by atoms with van der Waals surface area (Å²) in [4.78, 5) is 4.78. The molecule has 1 atom stereocenters. The van der Waals surface area contributed by atoms with Gasteiger partial charge in [0.25, 0.3) is 0 Å². The Morgan fingerprint density at radius 3 is 2.29 bits per heavy atom. The molecule has 1 unspecified atom stereocenters. The molecule has 100 valence electrons. The Morgan fingerprint density at radius 1 is 1.35 bits per heavy atom. The summed E-state index contributed by atoms with van der Waals surface area (Å²) in [5, 5.41) is 12.0. The van der Waals surface area contributed by atoms with Crippen molar-refractivity contribution in [2.24, 2.45) is 10.9 Å². The lowest BCUT2D eigenvalue weighted by atomic mass is 10.00. The monoisotopic (exact) mass is 242 g/mol. The Labute approximate surface area is 104 Å². The van der Waals surface area contributed by atoms with Gasteiger partial charge in [-0.1, -0.05) is 12.1 Å². The van der Waals surface area contributed by atoms with Crippen molar-refractivity contribution in [3.05, 3.63) is 0 Å². The van der Waals surface area contributed by atoms with Gasteiger partial charge in [0.1, 0.15) is 0 Å². The number of amidine groups is 1. The normalized spacial score (nSPS) is 22.7. The van der Waals surface area contributed by atoms with Crippen LogP contribution in [0.2, 0.25) is 0 Å². The zero-order valence-electron chi connectivity index (χ0n) is 11.5. The van der Waals surface area contributed by atoms with Gasteiger partial charge >= 0.3 is 0 Å². The Hall–Kier alpha value is -0.810. The summed E-state index contributed by atoms with van der Waals surface area (Å²) in [5.74, 6) is 0.287. The molecule has 0 spiro atoms. The Balaban J connectivity index is 2.57. The molecule has 0 saturated carbocycles. The van der Waals surface area contributed by atoms with Crippen LogP contribution in [-0.2, 0) is 0 Å². The minimum Gasteiger partial charge on any atom is -0.409 e. The molecule has 0 aliphatic carbocycles. The highest BCUT2D eigenvalue weighted by Crippen LogP contribution is 2.18. The predicted octanol–water partition coefficient (Wildman–Crippen LogP) is 0.928. The number of oxime groups is 1. The lowest BCUT2D eigenvalue weighted by Crippen LogP contribution is -2.60. The van der Waals surface area contributed by atoms with Gasteiger partial charge in [-0.05, 0) is 27.2 Å². The van der Waals surface area contributed by atoms with Gasteiger partial charge < -0.3 is 10.9 Å². The van der Waals surface area contributed by atoms with Crippen LogP contribution in [0.4, 0.5) is 0 Å². The fourth-order valence-corrected chi connectivity index (χ4v) is 2.26. The standard InChI is InChI=1S/C12H26N4O/c1-5-10(2)15-6-8-16(9-7-15)12(3,4)11(13)14-17/h10,17H,5-9H2,1-4H3,(H2,13,14). The molecule has 0 bridgehead atoms. The van der Waals surface area contributed by atoms with Crippen molar-refractivity contribution in [2.45, 2.75) is 45.7 Å². The maximum atomic E-state index is 8.81. The summed E-state index contributed by atoms with van der Waals surface area (Å²) in [6.07, 6.45) is 1.18. The molecule has 1 fully saturated rings. The number of nitrogens with two attached hydrogens (primary N) is 1. The first-order valence-electron chi connectivity index (χ1n) is 6.40. The minimum atomic E-state index is -0.365. The van der Waals surface area contributed by atoms with E-state index in [0.29, 0.717) is 6.04 Å². The third-order valence-corrected chi connectivity index (χ3v) is 4.05. The molecule has 1 aliphatic heterocycles. The lowest BCUT2D eigenvalue weighted by Gasteiger charge is -2.44. The zero-order valence-corrected chi connectivity index (χ0v) is 11.5. The summed E-state index contributed by atoms with van der Waals surface area (Å²) >= 11 is 0. The van der Waals surface area contributed by atoms with E-state index in [9.17, 15) is 0 Å². The van der Waals surface area contributed by atoms with E-state index in [-0.39, 0.29) is 11.4 Å².